The summed E-state index contributed by atoms with van der Waals surface area (Å²) in [5, 5.41) is 3.02. The van der Waals surface area contributed by atoms with Gasteiger partial charge in [0.15, 0.2) is 0 Å². The molecule has 7 heteroatoms. The molecule has 0 bridgehead atoms. The number of amides is 1. The molecule has 2 aliphatic rings. The minimum absolute atomic E-state index is 0.128. The molecule has 1 aliphatic heterocycles. The number of rotatable bonds is 6. The molecule has 4 rings (SSSR count). The van der Waals surface area contributed by atoms with Gasteiger partial charge in [-0.15, -0.1) is 0 Å². The van der Waals surface area contributed by atoms with E-state index >= 15 is 0 Å². The molecule has 1 N–H and O–H groups in total. The Hall–Kier alpha value is -2.38. The van der Waals surface area contributed by atoms with Crippen LogP contribution in [0.1, 0.15) is 66.2 Å². The Morgan fingerprint density at radius 1 is 1.09 bits per heavy atom. The smallest absolute Gasteiger partial charge is 0.255 e. The van der Waals surface area contributed by atoms with Crippen LogP contribution in [0.3, 0.4) is 0 Å². The fraction of sp³-hybridized carbons (Fsp3) is 0.480. The number of sulfonamides is 1. The predicted octanol–water partition coefficient (Wildman–Crippen LogP) is 4.10. The summed E-state index contributed by atoms with van der Waals surface area (Å²) in [5.41, 5.74) is 4.01. The summed E-state index contributed by atoms with van der Waals surface area (Å²) < 4.78 is 33.2. The van der Waals surface area contributed by atoms with Crippen molar-refractivity contribution in [3.05, 3.63) is 58.7 Å². The third kappa shape index (κ3) is 4.55. The van der Waals surface area contributed by atoms with Crippen molar-refractivity contribution < 1.29 is 17.9 Å². The molecule has 1 heterocycles. The number of hydrogen-bond donors (Lipinski definition) is 1. The second-order valence-electron chi connectivity index (χ2n) is 9.03. The summed E-state index contributed by atoms with van der Waals surface area (Å²) in [7, 11) is -2.17. The van der Waals surface area contributed by atoms with Gasteiger partial charge in [0, 0.05) is 13.1 Å². The van der Waals surface area contributed by atoms with Crippen LogP contribution in [-0.4, -0.2) is 38.8 Å². The van der Waals surface area contributed by atoms with E-state index in [1.165, 1.54) is 41.1 Å². The van der Waals surface area contributed by atoms with E-state index in [-0.39, 0.29) is 22.4 Å². The molecule has 0 spiro atoms. The number of carbonyl (C=O) groups excluding carboxylic acids is 1. The molecular formula is C25H32N2O4S. The average molecular weight is 457 g/mol. The first kappa shape index (κ1) is 22.8. The van der Waals surface area contributed by atoms with E-state index in [4.69, 9.17) is 4.74 Å². The molecule has 1 amide bonds. The predicted molar refractivity (Wildman–Crippen MR) is 124 cm³/mol. The fourth-order valence-corrected chi connectivity index (χ4v) is 6.11. The number of methoxy groups -OCH3 is 1. The number of hydrogen-bond acceptors (Lipinski definition) is 4. The first-order valence-corrected chi connectivity index (χ1v) is 12.8. The summed E-state index contributed by atoms with van der Waals surface area (Å²) in [6, 6.07) is 10.7. The van der Waals surface area contributed by atoms with Gasteiger partial charge in [-0.05, 0) is 79.8 Å². The molecule has 172 valence electrons. The normalized spacial score (nSPS) is 18.2. The Balaban J connectivity index is 1.56. The van der Waals surface area contributed by atoms with E-state index in [1.807, 2.05) is 6.92 Å². The van der Waals surface area contributed by atoms with Crippen molar-refractivity contribution in [3.63, 3.8) is 0 Å². The Labute approximate surface area is 191 Å². The van der Waals surface area contributed by atoms with Crippen molar-refractivity contribution in [2.45, 2.75) is 56.9 Å². The highest BCUT2D eigenvalue weighted by Gasteiger charge is 2.29. The van der Waals surface area contributed by atoms with E-state index in [2.05, 4.69) is 30.4 Å². The van der Waals surface area contributed by atoms with Crippen LogP contribution in [0.5, 0.6) is 5.75 Å². The van der Waals surface area contributed by atoms with Gasteiger partial charge in [-0.25, -0.2) is 8.42 Å². The Bertz CT molecular complexity index is 1100. The van der Waals surface area contributed by atoms with Gasteiger partial charge in [0.05, 0.1) is 23.6 Å². The lowest BCUT2D eigenvalue weighted by atomic mass is 10.0. The lowest BCUT2D eigenvalue weighted by Crippen LogP contribution is -2.38. The number of ether oxygens (including phenoxy) is 1. The maximum atomic E-state index is 13.2. The number of nitrogens with zero attached hydrogens (tertiary/aromatic N) is 1. The van der Waals surface area contributed by atoms with E-state index in [0.717, 1.165) is 31.2 Å². The van der Waals surface area contributed by atoms with E-state index in [9.17, 15) is 13.2 Å². The van der Waals surface area contributed by atoms with Crippen LogP contribution in [0.2, 0.25) is 0 Å². The summed E-state index contributed by atoms with van der Waals surface area (Å²) in [5.74, 6) is 0.536. The number of nitrogens with one attached hydrogen (secondary N) is 1. The second-order valence-corrected chi connectivity index (χ2v) is 11.0. The third-order valence-corrected chi connectivity index (χ3v) is 8.66. The monoisotopic (exact) mass is 456 g/mol. The molecule has 1 atom stereocenters. The number of aryl methyl sites for hydroxylation is 2. The zero-order valence-electron chi connectivity index (χ0n) is 19.1. The SMILES string of the molecule is COc1ccc(S(=O)(=O)N2CCC(C)CC2)cc1C(=O)N[C@H](C)c1ccc2c(c1)CCC2. The van der Waals surface area contributed by atoms with Crippen LogP contribution in [0.25, 0.3) is 0 Å². The van der Waals surface area contributed by atoms with Crippen LogP contribution >= 0.6 is 0 Å². The van der Waals surface area contributed by atoms with Crippen LogP contribution in [0, 0.1) is 5.92 Å². The summed E-state index contributed by atoms with van der Waals surface area (Å²) in [4.78, 5) is 13.3. The Morgan fingerprint density at radius 2 is 1.81 bits per heavy atom. The molecule has 6 nitrogen and oxygen atoms in total. The van der Waals surface area contributed by atoms with E-state index in [0.29, 0.717) is 24.8 Å². The minimum Gasteiger partial charge on any atom is -0.496 e. The molecule has 0 unspecified atom stereocenters. The first-order valence-electron chi connectivity index (χ1n) is 11.4. The van der Waals surface area contributed by atoms with Crippen molar-refractivity contribution in [2.75, 3.05) is 20.2 Å². The van der Waals surface area contributed by atoms with Crippen molar-refractivity contribution in [1.82, 2.24) is 9.62 Å². The van der Waals surface area contributed by atoms with Gasteiger partial charge in [-0.2, -0.15) is 4.31 Å². The van der Waals surface area contributed by atoms with Crippen molar-refractivity contribution in [1.29, 1.82) is 0 Å². The minimum atomic E-state index is -3.66. The highest BCUT2D eigenvalue weighted by Crippen LogP contribution is 2.29. The molecule has 2 aromatic carbocycles. The number of benzene rings is 2. The number of fused-ring (bicyclic) bond motifs is 1. The maximum Gasteiger partial charge on any atom is 0.255 e. The molecule has 1 fully saturated rings. The summed E-state index contributed by atoms with van der Waals surface area (Å²) in [6.45, 7) is 5.09. The zero-order chi connectivity index (χ0) is 22.9. The van der Waals surface area contributed by atoms with Gasteiger partial charge < -0.3 is 10.1 Å². The van der Waals surface area contributed by atoms with Crippen molar-refractivity contribution in [2.24, 2.45) is 5.92 Å². The number of carbonyl (C=O) groups is 1. The van der Waals surface area contributed by atoms with E-state index < -0.39 is 10.0 Å². The highest BCUT2D eigenvalue weighted by atomic mass is 32.2. The standard InChI is InChI=1S/C25H32N2O4S/c1-17-11-13-27(14-12-17)32(29,30)22-9-10-24(31-3)23(16-22)25(28)26-18(2)20-8-7-19-5-4-6-21(19)15-20/h7-10,15-18H,4-6,11-14H2,1-3H3,(H,26,28)/t18-/m1/s1. The van der Waals surface area contributed by atoms with E-state index in [1.54, 1.807) is 6.07 Å². The van der Waals surface area contributed by atoms with Crippen molar-refractivity contribution >= 4 is 15.9 Å². The van der Waals surface area contributed by atoms with Gasteiger partial charge >= 0.3 is 0 Å². The van der Waals surface area contributed by atoms with Crippen LogP contribution in [0.15, 0.2) is 41.3 Å². The maximum absolute atomic E-state index is 13.2. The highest BCUT2D eigenvalue weighted by molar-refractivity contribution is 7.89. The van der Waals surface area contributed by atoms with Crippen LogP contribution in [0.4, 0.5) is 0 Å². The van der Waals surface area contributed by atoms with Gasteiger partial charge in [0.25, 0.3) is 5.91 Å². The molecule has 0 radical (unpaired) electrons. The van der Waals surface area contributed by atoms with Gasteiger partial charge in [-0.3, -0.25) is 4.79 Å². The third-order valence-electron chi connectivity index (χ3n) is 6.77. The molecule has 0 saturated carbocycles. The summed E-state index contributed by atoms with van der Waals surface area (Å²) in [6.07, 6.45) is 5.06. The van der Waals surface area contributed by atoms with Gasteiger partial charge in [-0.1, -0.05) is 25.1 Å². The van der Waals surface area contributed by atoms with Crippen molar-refractivity contribution in [3.8, 4) is 5.75 Å². The molecular weight excluding hydrogens is 424 g/mol. The Kier molecular flexibility index (Phi) is 6.58. The lowest BCUT2D eigenvalue weighted by Gasteiger charge is -2.29. The largest absolute Gasteiger partial charge is 0.496 e. The molecule has 32 heavy (non-hydrogen) atoms. The zero-order valence-corrected chi connectivity index (χ0v) is 19.9. The summed E-state index contributed by atoms with van der Waals surface area (Å²) >= 11 is 0. The molecule has 1 aliphatic carbocycles. The first-order chi connectivity index (χ1) is 15.3. The number of piperidine rings is 1. The van der Waals surface area contributed by atoms with Gasteiger partial charge in [0.2, 0.25) is 10.0 Å². The molecule has 0 aromatic heterocycles. The van der Waals surface area contributed by atoms with Gasteiger partial charge in [0.1, 0.15) is 5.75 Å². The van der Waals surface area contributed by atoms with Crippen LogP contribution < -0.4 is 10.1 Å². The Morgan fingerprint density at radius 3 is 2.53 bits per heavy atom. The quantitative estimate of drug-likeness (QED) is 0.710. The van der Waals surface area contributed by atoms with Crippen LogP contribution in [-0.2, 0) is 22.9 Å². The fourth-order valence-electron chi connectivity index (χ4n) is 4.62. The topological polar surface area (TPSA) is 75.7 Å². The molecule has 2 aromatic rings. The average Bonchev–Trinajstić information content (AvgIpc) is 3.26. The second kappa shape index (κ2) is 9.24. The lowest BCUT2D eigenvalue weighted by molar-refractivity contribution is 0.0936. The molecule has 1 saturated heterocycles.